The van der Waals surface area contributed by atoms with Crippen molar-refractivity contribution in [3.8, 4) is 0 Å². The molecule has 0 spiro atoms. The highest BCUT2D eigenvalue weighted by molar-refractivity contribution is 8.13. The summed E-state index contributed by atoms with van der Waals surface area (Å²) in [5.74, 6) is 0.0795. The minimum atomic E-state index is -0.236. The number of carbonyl (C=O) groups is 1. The topological polar surface area (TPSA) is 41.5 Å². The van der Waals surface area contributed by atoms with Gasteiger partial charge in [-0.05, 0) is 11.8 Å². The van der Waals surface area contributed by atoms with E-state index in [9.17, 15) is 4.79 Å². The van der Waals surface area contributed by atoms with Gasteiger partial charge in [0.25, 0.3) is 0 Å². The van der Waals surface area contributed by atoms with Crippen LogP contribution in [0.15, 0.2) is 65.2 Å². The molecular weight excluding hydrogens is 292 g/mol. The van der Waals surface area contributed by atoms with Crippen LogP contribution in [0, 0.1) is 0 Å². The molecule has 0 bridgehead atoms. The first kappa shape index (κ1) is 13.3. The lowest BCUT2D eigenvalue weighted by Crippen LogP contribution is -2.26. The standard InChI is InChI=1S/C18H14N2OS/c1-22-18-19-15(11-7-3-2-4-8-11)14-16(20-18)12-9-5-6-10-13(12)17(14)21/h2-10,15H,1H3,(H,19,20). The lowest BCUT2D eigenvalue weighted by molar-refractivity contribution is 0.103. The number of Topliss-reactive ketones (excluding diaryl/α,β-unsaturated/α-hetero) is 1. The molecule has 1 aliphatic heterocycles. The summed E-state index contributed by atoms with van der Waals surface area (Å²) in [5, 5.41) is 4.17. The second-order valence-corrected chi connectivity index (χ2v) is 6.03. The van der Waals surface area contributed by atoms with Crippen LogP contribution in [0.25, 0.3) is 5.70 Å². The van der Waals surface area contributed by atoms with Gasteiger partial charge in [0.1, 0.15) is 6.04 Å². The molecule has 4 rings (SSSR count). The second kappa shape index (κ2) is 5.14. The van der Waals surface area contributed by atoms with Gasteiger partial charge in [-0.2, -0.15) is 0 Å². The Labute approximate surface area is 133 Å². The van der Waals surface area contributed by atoms with E-state index in [-0.39, 0.29) is 11.8 Å². The third kappa shape index (κ3) is 1.91. The summed E-state index contributed by atoms with van der Waals surface area (Å²) >= 11 is 1.56. The van der Waals surface area contributed by atoms with E-state index in [1.54, 1.807) is 11.8 Å². The molecule has 0 amide bonds. The molecule has 1 atom stereocenters. The summed E-state index contributed by atoms with van der Waals surface area (Å²) in [6.45, 7) is 0. The molecule has 0 saturated heterocycles. The average Bonchev–Trinajstić information content (AvgIpc) is 2.88. The number of thioether (sulfide) groups is 1. The normalized spacial score (nSPS) is 19.4. The van der Waals surface area contributed by atoms with E-state index in [0.29, 0.717) is 0 Å². The third-order valence-corrected chi connectivity index (χ3v) is 4.61. The maximum absolute atomic E-state index is 12.8. The number of amidine groups is 1. The number of nitrogens with one attached hydrogen (secondary N) is 1. The quantitative estimate of drug-likeness (QED) is 0.874. The van der Waals surface area contributed by atoms with Gasteiger partial charge in [0.2, 0.25) is 0 Å². The smallest absolute Gasteiger partial charge is 0.194 e. The molecule has 0 radical (unpaired) electrons. The first-order valence-corrected chi connectivity index (χ1v) is 8.34. The van der Waals surface area contributed by atoms with Crippen LogP contribution in [-0.4, -0.2) is 17.2 Å². The predicted octanol–water partition coefficient (Wildman–Crippen LogP) is 3.66. The third-order valence-electron chi connectivity index (χ3n) is 4.02. The molecule has 1 N–H and O–H groups in total. The van der Waals surface area contributed by atoms with Crippen molar-refractivity contribution in [2.75, 3.05) is 6.26 Å². The maximum Gasteiger partial charge on any atom is 0.194 e. The second-order valence-electron chi connectivity index (χ2n) is 5.24. The summed E-state index contributed by atoms with van der Waals surface area (Å²) in [7, 11) is 0. The van der Waals surface area contributed by atoms with Crippen LogP contribution in [0.5, 0.6) is 0 Å². The molecule has 0 saturated carbocycles. The molecule has 1 unspecified atom stereocenters. The van der Waals surface area contributed by atoms with Crippen molar-refractivity contribution >= 4 is 28.4 Å². The molecule has 2 aliphatic rings. The van der Waals surface area contributed by atoms with Crippen LogP contribution < -0.4 is 5.32 Å². The Bertz CT molecular complexity index is 824. The maximum atomic E-state index is 12.8. The van der Waals surface area contributed by atoms with Gasteiger partial charge in [-0.3, -0.25) is 4.79 Å². The van der Waals surface area contributed by atoms with Crippen molar-refractivity contribution in [1.82, 2.24) is 5.32 Å². The summed E-state index contributed by atoms with van der Waals surface area (Å²) in [4.78, 5) is 17.6. The number of benzene rings is 2. The summed E-state index contributed by atoms with van der Waals surface area (Å²) in [5.41, 5.74) is 4.45. The van der Waals surface area contributed by atoms with Crippen molar-refractivity contribution in [3.05, 3.63) is 76.9 Å². The Morgan fingerprint density at radius 3 is 2.41 bits per heavy atom. The first-order valence-electron chi connectivity index (χ1n) is 7.11. The molecule has 1 aliphatic carbocycles. The Morgan fingerprint density at radius 1 is 1.00 bits per heavy atom. The van der Waals surface area contributed by atoms with Gasteiger partial charge in [0.15, 0.2) is 11.0 Å². The van der Waals surface area contributed by atoms with Crippen molar-refractivity contribution < 1.29 is 4.79 Å². The Balaban J connectivity index is 1.90. The van der Waals surface area contributed by atoms with Gasteiger partial charge in [-0.1, -0.05) is 66.4 Å². The Kier molecular flexibility index (Phi) is 3.12. The van der Waals surface area contributed by atoms with E-state index >= 15 is 0 Å². The van der Waals surface area contributed by atoms with E-state index in [0.717, 1.165) is 33.1 Å². The molecule has 2 aromatic carbocycles. The molecule has 4 heteroatoms. The number of aliphatic imine (C=N–C) groups is 1. The summed E-state index contributed by atoms with van der Waals surface area (Å²) < 4.78 is 0. The Morgan fingerprint density at radius 2 is 1.68 bits per heavy atom. The van der Waals surface area contributed by atoms with Crippen LogP contribution in [-0.2, 0) is 0 Å². The molecule has 0 fully saturated rings. The summed E-state index contributed by atoms with van der Waals surface area (Å²) in [6.07, 6.45) is 1.99. The molecule has 108 valence electrons. The van der Waals surface area contributed by atoms with E-state index < -0.39 is 0 Å². The van der Waals surface area contributed by atoms with Crippen LogP contribution in [0.1, 0.15) is 27.5 Å². The molecule has 0 aromatic heterocycles. The van der Waals surface area contributed by atoms with Gasteiger partial charge in [0.05, 0.1) is 11.3 Å². The molecule has 22 heavy (non-hydrogen) atoms. The van der Waals surface area contributed by atoms with E-state index in [1.807, 2.05) is 60.9 Å². The van der Waals surface area contributed by atoms with Crippen LogP contribution in [0.4, 0.5) is 0 Å². The monoisotopic (exact) mass is 306 g/mol. The highest BCUT2D eigenvalue weighted by atomic mass is 32.2. The Hall–Kier alpha value is -2.33. The fraction of sp³-hybridized carbons (Fsp3) is 0.111. The van der Waals surface area contributed by atoms with Gasteiger partial charge < -0.3 is 5.32 Å². The number of hydrogen-bond donors (Lipinski definition) is 1. The minimum Gasteiger partial charge on any atom is -0.334 e. The average molecular weight is 306 g/mol. The number of carbonyl (C=O) groups excluding carboxylic acids is 1. The van der Waals surface area contributed by atoms with E-state index in [1.165, 1.54) is 0 Å². The van der Waals surface area contributed by atoms with Crippen LogP contribution in [0.2, 0.25) is 0 Å². The van der Waals surface area contributed by atoms with Gasteiger partial charge >= 0.3 is 0 Å². The van der Waals surface area contributed by atoms with Gasteiger partial charge in [-0.15, -0.1) is 0 Å². The SMILES string of the molecule is CSC1=NC(c2ccccc2)C2=C(N1)c1ccccc1C2=O. The number of hydrogen-bond acceptors (Lipinski definition) is 4. The summed E-state index contributed by atoms with van der Waals surface area (Å²) in [6, 6.07) is 17.5. The number of rotatable bonds is 1. The lowest BCUT2D eigenvalue weighted by atomic mass is 9.95. The number of fused-ring (bicyclic) bond motifs is 2. The highest BCUT2D eigenvalue weighted by Crippen LogP contribution is 2.42. The first-order chi connectivity index (χ1) is 10.8. The van der Waals surface area contributed by atoms with Crippen molar-refractivity contribution in [2.45, 2.75) is 6.04 Å². The zero-order valence-electron chi connectivity index (χ0n) is 12.0. The molecule has 2 aromatic rings. The van der Waals surface area contributed by atoms with E-state index in [2.05, 4.69) is 5.32 Å². The van der Waals surface area contributed by atoms with Crippen LogP contribution >= 0.6 is 11.8 Å². The molecule has 1 heterocycles. The van der Waals surface area contributed by atoms with Crippen molar-refractivity contribution in [1.29, 1.82) is 0 Å². The van der Waals surface area contributed by atoms with Gasteiger partial charge in [-0.25, -0.2) is 4.99 Å². The fourth-order valence-corrected chi connectivity index (χ4v) is 3.41. The van der Waals surface area contributed by atoms with E-state index in [4.69, 9.17) is 4.99 Å². The molecular formula is C18H14N2OS. The fourth-order valence-electron chi connectivity index (χ4n) is 3.00. The zero-order valence-corrected chi connectivity index (χ0v) is 12.9. The lowest BCUT2D eigenvalue weighted by Gasteiger charge is -2.23. The predicted molar refractivity (Wildman–Crippen MR) is 91.0 cm³/mol. The zero-order chi connectivity index (χ0) is 15.1. The molecule has 3 nitrogen and oxygen atoms in total. The van der Waals surface area contributed by atoms with Crippen LogP contribution in [0.3, 0.4) is 0 Å². The van der Waals surface area contributed by atoms with Crippen molar-refractivity contribution in [3.63, 3.8) is 0 Å². The number of ketones is 1. The van der Waals surface area contributed by atoms with Crippen molar-refractivity contribution in [2.24, 2.45) is 4.99 Å². The largest absolute Gasteiger partial charge is 0.334 e. The number of nitrogens with zero attached hydrogens (tertiary/aromatic N) is 1. The highest BCUT2D eigenvalue weighted by Gasteiger charge is 2.37. The van der Waals surface area contributed by atoms with Gasteiger partial charge in [0, 0.05) is 11.1 Å². The minimum absolute atomic E-state index is 0.0795.